The highest BCUT2D eigenvalue weighted by molar-refractivity contribution is 7.10. The second-order valence-corrected chi connectivity index (χ2v) is 5.24. The van der Waals surface area contributed by atoms with Crippen LogP contribution in [-0.2, 0) is 0 Å². The Balaban J connectivity index is 1.81. The minimum absolute atomic E-state index is 0.201. The SMILES string of the molecule is N#Cc1ccc(C(=O)NCCC(O)c2cccs2)cc1. The lowest BCUT2D eigenvalue weighted by atomic mass is 10.1. The van der Waals surface area contributed by atoms with Crippen LogP contribution in [0.2, 0.25) is 0 Å². The van der Waals surface area contributed by atoms with E-state index in [1.807, 2.05) is 23.6 Å². The van der Waals surface area contributed by atoms with E-state index in [0.717, 1.165) is 4.88 Å². The van der Waals surface area contributed by atoms with Crippen molar-refractivity contribution in [3.63, 3.8) is 0 Å². The van der Waals surface area contributed by atoms with Gasteiger partial charge in [0.1, 0.15) is 0 Å². The van der Waals surface area contributed by atoms with Crippen molar-refractivity contribution < 1.29 is 9.90 Å². The third kappa shape index (κ3) is 3.67. The molecular weight excluding hydrogens is 272 g/mol. The number of nitrogens with zero attached hydrogens (tertiary/aromatic N) is 1. The number of aliphatic hydroxyl groups is 1. The van der Waals surface area contributed by atoms with Crippen LogP contribution in [0.25, 0.3) is 0 Å². The van der Waals surface area contributed by atoms with Crippen molar-refractivity contribution in [3.05, 3.63) is 57.8 Å². The smallest absolute Gasteiger partial charge is 0.251 e. The summed E-state index contributed by atoms with van der Waals surface area (Å²) in [6, 6.07) is 12.2. The summed E-state index contributed by atoms with van der Waals surface area (Å²) in [6.07, 6.45) is -0.0704. The maximum Gasteiger partial charge on any atom is 0.251 e. The van der Waals surface area contributed by atoms with Gasteiger partial charge >= 0.3 is 0 Å². The van der Waals surface area contributed by atoms with Crippen LogP contribution in [0.15, 0.2) is 41.8 Å². The summed E-state index contributed by atoms with van der Waals surface area (Å²) in [6.45, 7) is 0.401. The van der Waals surface area contributed by atoms with Gasteiger partial charge in [0, 0.05) is 17.0 Å². The number of hydrogen-bond donors (Lipinski definition) is 2. The molecule has 1 aromatic carbocycles. The monoisotopic (exact) mass is 286 g/mol. The third-order valence-corrected chi connectivity index (χ3v) is 3.82. The van der Waals surface area contributed by atoms with Crippen LogP contribution < -0.4 is 5.32 Å². The van der Waals surface area contributed by atoms with Gasteiger partial charge in [-0.25, -0.2) is 0 Å². The number of carbonyl (C=O) groups excluding carboxylic acids is 1. The zero-order valence-corrected chi connectivity index (χ0v) is 11.6. The average Bonchev–Trinajstić information content (AvgIpc) is 3.01. The number of nitriles is 1. The van der Waals surface area contributed by atoms with Crippen LogP contribution in [0.4, 0.5) is 0 Å². The van der Waals surface area contributed by atoms with Crippen molar-refractivity contribution >= 4 is 17.2 Å². The molecule has 20 heavy (non-hydrogen) atoms. The predicted molar refractivity (Wildman–Crippen MR) is 77.4 cm³/mol. The maximum atomic E-state index is 11.8. The van der Waals surface area contributed by atoms with Crippen LogP contribution in [0.3, 0.4) is 0 Å². The zero-order valence-electron chi connectivity index (χ0n) is 10.7. The molecule has 1 amide bonds. The van der Waals surface area contributed by atoms with E-state index in [1.165, 1.54) is 11.3 Å². The first-order valence-electron chi connectivity index (χ1n) is 6.20. The Bertz CT molecular complexity index is 600. The largest absolute Gasteiger partial charge is 0.388 e. The van der Waals surface area contributed by atoms with Crippen LogP contribution >= 0.6 is 11.3 Å². The molecule has 0 aliphatic rings. The second kappa shape index (κ2) is 6.85. The van der Waals surface area contributed by atoms with Crippen LogP contribution in [0.5, 0.6) is 0 Å². The lowest BCUT2D eigenvalue weighted by Crippen LogP contribution is -2.25. The van der Waals surface area contributed by atoms with E-state index < -0.39 is 6.10 Å². The molecule has 1 atom stereocenters. The van der Waals surface area contributed by atoms with Gasteiger partial charge in [0.05, 0.1) is 17.7 Å². The summed E-state index contributed by atoms with van der Waals surface area (Å²) >= 11 is 1.50. The van der Waals surface area contributed by atoms with E-state index in [0.29, 0.717) is 24.1 Å². The molecule has 2 rings (SSSR count). The molecule has 1 heterocycles. The lowest BCUT2D eigenvalue weighted by Gasteiger charge is -2.09. The van der Waals surface area contributed by atoms with E-state index in [2.05, 4.69) is 5.32 Å². The topological polar surface area (TPSA) is 73.1 Å². The number of benzene rings is 1. The summed E-state index contributed by atoms with van der Waals surface area (Å²) in [5, 5.41) is 23.2. The molecule has 0 radical (unpaired) electrons. The summed E-state index contributed by atoms with van der Waals surface area (Å²) in [5.41, 5.74) is 1.03. The molecule has 2 N–H and O–H groups in total. The van der Waals surface area contributed by atoms with E-state index >= 15 is 0 Å². The van der Waals surface area contributed by atoms with Crippen molar-refractivity contribution in [1.82, 2.24) is 5.32 Å². The lowest BCUT2D eigenvalue weighted by molar-refractivity contribution is 0.0943. The Morgan fingerprint density at radius 3 is 2.70 bits per heavy atom. The van der Waals surface area contributed by atoms with Gasteiger partial charge in [-0.3, -0.25) is 4.79 Å². The van der Waals surface area contributed by atoms with Crippen LogP contribution in [0.1, 0.15) is 33.3 Å². The van der Waals surface area contributed by atoms with Gasteiger partial charge in [0.2, 0.25) is 0 Å². The van der Waals surface area contributed by atoms with E-state index in [9.17, 15) is 9.90 Å². The van der Waals surface area contributed by atoms with Crippen LogP contribution in [-0.4, -0.2) is 17.6 Å². The molecule has 4 nitrogen and oxygen atoms in total. The van der Waals surface area contributed by atoms with Gasteiger partial charge in [0.25, 0.3) is 5.91 Å². The highest BCUT2D eigenvalue weighted by Crippen LogP contribution is 2.20. The zero-order chi connectivity index (χ0) is 14.4. The van der Waals surface area contributed by atoms with E-state index in [4.69, 9.17) is 5.26 Å². The quantitative estimate of drug-likeness (QED) is 0.886. The molecule has 0 fully saturated rings. The number of thiophene rings is 1. The standard InChI is InChI=1S/C15H14N2O2S/c16-10-11-3-5-12(6-4-11)15(19)17-8-7-13(18)14-2-1-9-20-14/h1-6,9,13,18H,7-8H2,(H,17,19). The number of amides is 1. The molecule has 0 aliphatic carbocycles. The molecule has 0 aliphatic heterocycles. The first kappa shape index (κ1) is 14.3. The first-order valence-corrected chi connectivity index (χ1v) is 7.08. The molecule has 2 aromatic rings. The highest BCUT2D eigenvalue weighted by atomic mass is 32.1. The van der Waals surface area contributed by atoms with Crippen molar-refractivity contribution in [2.45, 2.75) is 12.5 Å². The summed E-state index contributed by atoms with van der Waals surface area (Å²) in [4.78, 5) is 12.7. The molecule has 102 valence electrons. The molecule has 5 heteroatoms. The normalized spacial score (nSPS) is 11.6. The van der Waals surface area contributed by atoms with Crippen LogP contribution in [0, 0.1) is 11.3 Å². The summed E-state index contributed by atoms with van der Waals surface area (Å²) < 4.78 is 0. The fourth-order valence-electron chi connectivity index (χ4n) is 1.74. The van der Waals surface area contributed by atoms with Gasteiger partial charge in [-0.2, -0.15) is 5.26 Å². The Hall–Kier alpha value is -2.16. The Morgan fingerprint density at radius 2 is 2.10 bits per heavy atom. The van der Waals surface area contributed by atoms with Gasteiger partial charge in [0.15, 0.2) is 0 Å². The fraction of sp³-hybridized carbons (Fsp3) is 0.200. The number of nitrogens with one attached hydrogen (secondary N) is 1. The predicted octanol–water partition coefficient (Wildman–Crippen LogP) is 2.47. The number of aliphatic hydroxyl groups excluding tert-OH is 1. The van der Waals surface area contributed by atoms with Gasteiger partial charge in [-0.05, 0) is 42.1 Å². The van der Waals surface area contributed by atoms with E-state index in [-0.39, 0.29) is 5.91 Å². The Labute approximate surface area is 121 Å². The molecule has 0 spiro atoms. The van der Waals surface area contributed by atoms with E-state index in [1.54, 1.807) is 24.3 Å². The number of rotatable bonds is 5. The van der Waals surface area contributed by atoms with Gasteiger partial charge < -0.3 is 10.4 Å². The fourth-order valence-corrected chi connectivity index (χ4v) is 2.49. The van der Waals surface area contributed by atoms with Gasteiger partial charge in [-0.15, -0.1) is 11.3 Å². The highest BCUT2D eigenvalue weighted by Gasteiger charge is 2.10. The van der Waals surface area contributed by atoms with Gasteiger partial charge in [-0.1, -0.05) is 6.07 Å². The number of hydrogen-bond acceptors (Lipinski definition) is 4. The third-order valence-electron chi connectivity index (χ3n) is 2.85. The molecule has 1 unspecified atom stereocenters. The summed E-state index contributed by atoms with van der Waals surface area (Å²) in [5.74, 6) is -0.201. The minimum atomic E-state index is -0.545. The maximum absolute atomic E-state index is 11.8. The minimum Gasteiger partial charge on any atom is -0.388 e. The summed E-state index contributed by atoms with van der Waals surface area (Å²) in [7, 11) is 0. The van der Waals surface area contributed by atoms with Crippen molar-refractivity contribution in [2.24, 2.45) is 0 Å². The molecule has 0 saturated heterocycles. The van der Waals surface area contributed by atoms with Crippen molar-refractivity contribution in [2.75, 3.05) is 6.54 Å². The van der Waals surface area contributed by atoms with Crippen molar-refractivity contribution in [1.29, 1.82) is 5.26 Å². The Kier molecular flexibility index (Phi) is 4.88. The molecule has 1 aromatic heterocycles. The van der Waals surface area contributed by atoms with Crippen molar-refractivity contribution in [3.8, 4) is 6.07 Å². The average molecular weight is 286 g/mol. The molecule has 0 bridgehead atoms. The molecular formula is C15H14N2O2S. The first-order chi connectivity index (χ1) is 9.70. The second-order valence-electron chi connectivity index (χ2n) is 4.26. The molecule has 0 saturated carbocycles. The number of carbonyl (C=O) groups is 1. The Morgan fingerprint density at radius 1 is 1.35 bits per heavy atom.